The van der Waals surface area contributed by atoms with Crippen LogP contribution in [0.4, 0.5) is 0 Å². The topological polar surface area (TPSA) is 106 Å². The van der Waals surface area contributed by atoms with Crippen LogP contribution in [0, 0.1) is 5.92 Å². The number of carbonyl (C=O) groups excluding carboxylic acids is 1. The van der Waals surface area contributed by atoms with Gasteiger partial charge in [-0.2, -0.15) is 0 Å². The van der Waals surface area contributed by atoms with Crippen LogP contribution in [0.25, 0.3) is 0 Å². The van der Waals surface area contributed by atoms with E-state index in [1.807, 2.05) is 0 Å². The first-order valence-corrected chi connectivity index (χ1v) is 8.48. The summed E-state index contributed by atoms with van der Waals surface area (Å²) in [5.41, 5.74) is 5.98. The summed E-state index contributed by atoms with van der Waals surface area (Å²) in [4.78, 5) is 11.8. The van der Waals surface area contributed by atoms with Crippen molar-refractivity contribution in [1.29, 1.82) is 0 Å². The zero-order chi connectivity index (χ0) is 15.6. The van der Waals surface area contributed by atoms with E-state index in [2.05, 4.69) is 10.0 Å². The van der Waals surface area contributed by atoms with Crippen LogP contribution >= 0.6 is 0 Å². The van der Waals surface area contributed by atoms with Crippen molar-refractivity contribution in [2.24, 2.45) is 18.7 Å². The maximum absolute atomic E-state index is 12.4. The molecule has 0 aliphatic heterocycles. The summed E-state index contributed by atoms with van der Waals surface area (Å²) in [7, 11) is -0.490. The molecule has 0 bridgehead atoms. The van der Waals surface area contributed by atoms with Crippen LogP contribution in [0.2, 0.25) is 0 Å². The Kier molecular flexibility index (Phi) is 4.70. The van der Waals surface area contributed by atoms with E-state index in [9.17, 15) is 13.2 Å². The van der Waals surface area contributed by atoms with Gasteiger partial charge in [0.25, 0.3) is 5.91 Å². The minimum Gasteiger partial charge on any atom is -0.354 e. The lowest BCUT2D eigenvalue weighted by Crippen LogP contribution is -2.39. The lowest BCUT2D eigenvalue weighted by Gasteiger charge is -2.18. The monoisotopic (exact) mass is 314 g/mol. The van der Waals surface area contributed by atoms with E-state index < -0.39 is 10.0 Å². The van der Waals surface area contributed by atoms with Crippen molar-refractivity contribution < 1.29 is 13.2 Å². The van der Waals surface area contributed by atoms with Crippen LogP contribution in [0.3, 0.4) is 0 Å². The van der Waals surface area contributed by atoms with E-state index in [4.69, 9.17) is 5.73 Å². The van der Waals surface area contributed by atoms with Crippen LogP contribution in [0.5, 0.6) is 0 Å². The van der Waals surface area contributed by atoms with Gasteiger partial charge in [0.05, 0.1) is 0 Å². The molecule has 0 saturated heterocycles. The summed E-state index contributed by atoms with van der Waals surface area (Å²) < 4.78 is 29.1. The molecule has 0 radical (unpaired) electrons. The molecule has 21 heavy (non-hydrogen) atoms. The molecule has 1 aromatic rings. The summed E-state index contributed by atoms with van der Waals surface area (Å²) in [6.45, 7) is 0.478. The minimum absolute atomic E-state index is 0.103. The summed E-state index contributed by atoms with van der Waals surface area (Å²) in [6.07, 6.45) is 4.17. The van der Waals surface area contributed by atoms with Crippen molar-refractivity contribution in [2.45, 2.75) is 30.2 Å². The standard InChI is InChI=1S/C13H22N4O3S/c1-15-13(18)12-6-10(8-17(12)2)21(19,20)16-11-5-3-4-9(11)7-14/h6,8-9,11,16H,3-5,7,14H2,1-2H3,(H,15,18). The van der Waals surface area contributed by atoms with Crippen molar-refractivity contribution >= 4 is 15.9 Å². The van der Waals surface area contributed by atoms with E-state index in [0.717, 1.165) is 19.3 Å². The average Bonchev–Trinajstić information content (AvgIpc) is 3.04. The highest BCUT2D eigenvalue weighted by molar-refractivity contribution is 7.89. The lowest BCUT2D eigenvalue weighted by atomic mass is 10.1. The van der Waals surface area contributed by atoms with Gasteiger partial charge in [0.2, 0.25) is 10.0 Å². The predicted molar refractivity (Wildman–Crippen MR) is 79.3 cm³/mol. The molecule has 1 heterocycles. The number of hydrogen-bond acceptors (Lipinski definition) is 4. The number of carbonyl (C=O) groups is 1. The molecule has 1 saturated carbocycles. The van der Waals surface area contributed by atoms with E-state index >= 15 is 0 Å². The molecule has 1 aliphatic rings. The van der Waals surface area contributed by atoms with E-state index in [1.165, 1.54) is 23.9 Å². The normalized spacial score (nSPS) is 22.4. The molecule has 8 heteroatoms. The van der Waals surface area contributed by atoms with Crippen LogP contribution in [0.1, 0.15) is 29.8 Å². The number of aryl methyl sites for hydroxylation is 1. The Morgan fingerprint density at radius 3 is 2.81 bits per heavy atom. The molecule has 2 unspecified atom stereocenters. The maximum Gasteiger partial charge on any atom is 0.267 e. The van der Waals surface area contributed by atoms with Crippen LogP contribution in [-0.4, -0.2) is 38.5 Å². The third-order valence-electron chi connectivity index (χ3n) is 4.02. The third kappa shape index (κ3) is 3.28. The number of nitrogens with zero attached hydrogens (tertiary/aromatic N) is 1. The molecule has 0 spiro atoms. The second kappa shape index (κ2) is 6.17. The smallest absolute Gasteiger partial charge is 0.267 e. The highest BCUT2D eigenvalue weighted by atomic mass is 32.2. The summed E-state index contributed by atoms with van der Waals surface area (Å²) in [6, 6.07) is 1.26. The highest BCUT2D eigenvalue weighted by Crippen LogP contribution is 2.26. The number of aromatic nitrogens is 1. The fraction of sp³-hybridized carbons (Fsp3) is 0.615. The molecule has 1 aliphatic carbocycles. The summed E-state index contributed by atoms with van der Waals surface area (Å²) >= 11 is 0. The first-order valence-electron chi connectivity index (χ1n) is 7.00. The second-order valence-electron chi connectivity index (χ2n) is 5.41. The van der Waals surface area contributed by atoms with Crippen LogP contribution in [0.15, 0.2) is 17.2 Å². The molecule has 1 fully saturated rings. The first-order chi connectivity index (χ1) is 9.89. The first kappa shape index (κ1) is 16.0. The van der Waals surface area contributed by atoms with Gasteiger partial charge in [0.15, 0.2) is 0 Å². The summed E-state index contributed by atoms with van der Waals surface area (Å²) in [5.74, 6) is -0.137. The predicted octanol–water partition coefficient (Wildman–Crippen LogP) is -0.210. The maximum atomic E-state index is 12.4. The number of amides is 1. The van der Waals surface area contributed by atoms with Crippen LogP contribution in [-0.2, 0) is 17.1 Å². The third-order valence-corrected chi connectivity index (χ3v) is 5.48. The Morgan fingerprint density at radius 2 is 2.19 bits per heavy atom. The Labute approximate surface area is 124 Å². The van der Waals surface area contributed by atoms with Gasteiger partial charge >= 0.3 is 0 Å². The molecule has 0 aromatic carbocycles. The average molecular weight is 314 g/mol. The molecule has 118 valence electrons. The van der Waals surface area contributed by atoms with Crippen molar-refractivity contribution in [2.75, 3.05) is 13.6 Å². The van der Waals surface area contributed by atoms with Crippen molar-refractivity contribution in [3.05, 3.63) is 18.0 Å². The molecular weight excluding hydrogens is 292 g/mol. The molecule has 1 aromatic heterocycles. The number of rotatable bonds is 5. The van der Waals surface area contributed by atoms with Crippen molar-refractivity contribution in [3.8, 4) is 0 Å². The molecular formula is C13H22N4O3S. The Balaban J connectivity index is 2.22. The molecule has 1 amide bonds. The lowest BCUT2D eigenvalue weighted by molar-refractivity contribution is 0.0955. The van der Waals surface area contributed by atoms with Gasteiger partial charge in [-0.3, -0.25) is 4.79 Å². The molecule has 2 rings (SSSR count). The largest absolute Gasteiger partial charge is 0.354 e. The van der Waals surface area contributed by atoms with E-state index in [1.54, 1.807) is 7.05 Å². The Bertz CT molecular complexity index is 623. The van der Waals surface area contributed by atoms with E-state index in [0.29, 0.717) is 12.2 Å². The van der Waals surface area contributed by atoms with Gasteiger partial charge in [-0.05, 0) is 31.4 Å². The molecule has 7 nitrogen and oxygen atoms in total. The van der Waals surface area contributed by atoms with Gasteiger partial charge < -0.3 is 15.6 Å². The van der Waals surface area contributed by atoms with Crippen molar-refractivity contribution in [1.82, 2.24) is 14.6 Å². The number of nitrogens with one attached hydrogen (secondary N) is 2. The Hall–Kier alpha value is -1.38. The Morgan fingerprint density at radius 1 is 1.48 bits per heavy atom. The van der Waals surface area contributed by atoms with Crippen molar-refractivity contribution in [3.63, 3.8) is 0 Å². The van der Waals surface area contributed by atoms with Crippen LogP contribution < -0.4 is 15.8 Å². The van der Waals surface area contributed by atoms with Gasteiger partial charge in [0.1, 0.15) is 10.6 Å². The number of sulfonamides is 1. The molecule has 2 atom stereocenters. The van der Waals surface area contributed by atoms with Gasteiger partial charge in [-0.25, -0.2) is 13.1 Å². The zero-order valence-corrected chi connectivity index (χ0v) is 13.1. The summed E-state index contributed by atoms with van der Waals surface area (Å²) in [5, 5.41) is 2.48. The number of hydrogen-bond donors (Lipinski definition) is 3. The van der Waals surface area contributed by atoms with Gasteiger partial charge in [-0.15, -0.1) is 0 Å². The minimum atomic E-state index is -3.64. The van der Waals surface area contributed by atoms with E-state index in [-0.39, 0.29) is 22.8 Å². The SMILES string of the molecule is CNC(=O)c1cc(S(=O)(=O)NC2CCCC2CN)cn1C. The van der Waals surface area contributed by atoms with Gasteiger partial charge in [0, 0.05) is 26.3 Å². The molecule has 4 N–H and O–H groups in total. The van der Waals surface area contributed by atoms with Gasteiger partial charge in [-0.1, -0.05) is 6.42 Å². The zero-order valence-electron chi connectivity index (χ0n) is 12.3. The fourth-order valence-corrected chi connectivity index (χ4v) is 4.19. The second-order valence-corrected chi connectivity index (χ2v) is 7.12. The highest BCUT2D eigenvalue weighted by Gasteiger charge is 2.31. The quantitative estimate of drug-likeness (QED) is 0.699. The number of nitrogens with two attached hydrogens (primary N) is 1. The fourth-order valence-electron chi connectivity index (χ4n) is 2.78.